The van der Waals surface area contributed by atoms with Crippen molar-refractivity contribution < 1.29 is 4.79 Å². The second-order valence-electron chi connectivity index (χ2n) is 5.02. The summed E-state index contributed by atoms with van der Waals surface area (Å²) in [5.41, 5.74) is 2.22. The van der Waals surface area contributed by atoms with Gasteiger partial charge in [-0.25, -0.2) is 0 Å². The summed E-state index contributed by atoms with van der Waals surface area (Å²) in [6.45, 7) is 4.18. The number of para-hydroxylation sites is 1. The van der Waals surface area contributed by atoms with E-state index in [0.717, 1.165) is 38.0 Å². The minimum atomic E-state index is 0.146. The van der Waals surface area contributed by atoms with Gasteiger partial charge >= 0.3 is 0 Å². The molecule has 0 bridgehead atoms. The summed E-state index contributed by atoms with van der Waals surface area (Å²) in [4.78, 5) is 12.0. The number of hydrogen-bond acceptors (Lipinski definition) is 2. The van der Waals surface area contributed by atoms with Crippen LogP contribution in [0.4, 0.5) is 5.69 Å². The first kappa shape index (κ1) is 13.1. The van der Waals surface area contributed by atoms with Gasteiger partial charge in [-0.1, -0.05) is 31.5 Å². The van der Waals surface area contributed by atoms with Gasteiger partial charge in [0.25, 0.3) is 0 Å². The fourth-order valence-electron chi connectivity index (χ4n) is 2.48. The number of nitrogens with one attached hydrogen (secondary N) is 2. The topological polar surface area (TPSA) is 41.1 Å². The first-order chi connectivity index (χ1) is 8.79. The largest absolute Gasteiger partial charge is 0.326 e. The molecule has 3 heteroatoms. The first-order valence-electron chi connectivity index (χ1n) is 6.88. The Kier molecular flexibility index (Phi) is 4.76. The summed E-state index contributed by atoms with van der Waals surface area (Å²) in [6, 6.07) is 8.10. The predicted octanol–water partition coefficient (Wildman–Crippen LogP) is 2.58. The van der Waals surface area contributed by atoms with Gasteiger partial charge in [-0.15, -0.1) is 0 Å². The molecule has 2 N–H and O–H groups in total. The van der Waals surface area contributed by atoms with Gasteiger partial charge in [0, 0.05) is 12.1 Å². The highest BCUT2D eigenvalue weighted by molar-refractivity contribution is 5.91. The van der Waals surface area contributed by atoms with E-state index in [1.165, 1.54) is 5.56 Å². The van der Waals surface area contributed by atoms with Gasteiger partial charge in [0.05, 0.1) is 0 Å². The third-order valence-electron chi connectivity index (χ3n) is 3.45. The van der Waals surface area contributed by atoms with Gasteiger partial charge in [0.2, 0.25) is 5.91 Å². The van der Waals surface area contributed by atoms with E-state index in [2.05, 4.69) is 23.6 Å². The molecule has 0 spiro atoms. The van der Waals surface area contributed by atoms with Gasteiger partial charge in [-0.05, 0) is 43.5 Å². The fraction of sp³-hybridized carbons (Fsp3) is 0.533. The lowest BCUT2D eigenvalue weighted by Crippen LogP contribution is -2.19. The van der Waals surface area contributed by atoms with E-state index >= 15 is 0 Å². The van der Waals surface area contributed by atoms with Crippen molar-refractivity contribution in [3.05, 3.63) is 29.8 Å². The molecular formula is C15H22N2O. The molecule has 1 aliphatic heterocycles. The highest BCUT2D eigenvalue weighted by Gasteiger charge is 2.18. The molecule has 0 aromatic heterocycles. The van der Waals surface area contributed by atoms with Crippen molar-refractivity contribution in [2.24, 2.45) is 5.92 Å². The van der Waals surface area contributed by atoms with Crippen molar-refractivity contribution in [1.29, 1.82) is 0 Å². The number of amides is 1. The molecular weight excluding hydrogens is 224 g/mol. The molecule has 1 aromatic carbocycles. The SMILES string of the molecule is CCCc1ccccc1NC(=O)CC1CCNC1. The molecule has 1 atom stereocenters. The fourth-order valence-corrected chi connectivity index (χ4v) is 2.48. The molecule has 98 valence electrons. The molecule has 0 saturated carbocycles. The highest BCUT2D eigenvalue weighted by atomic mass is 16.1. The van der Waals surface area contributed by atoms with Crippen LogP contribution in [0.1, 0.15) is 31.7 Å². The Morgan fingerprint density at radius 3 is 3.00 bits per heavy atom. The average Bonchev–Trinajstić information content (AvgIpc) is 2.84. The molecule has 3 nitrogen and oxygen atoms in total. The lowest BCUT2D eigenvalue weighted by Gasteiger charge is -2.12. The second kappa shape index (κ2) is 6.55. The van der Waals surface area contributed by atoms with E-state index in [0.29, 0.717) is 12.3 Å². The Bertz CT molecular complexity index is 397. The van der Waals surface area contributed by atoms with Crippen LogP contribution < -0.4 is 10.6 Å². The van der Waals surface area contributed by atoms with Crippen LogP contribution in [0.25, 0.3) is 0 Å². The molecule has 0 aliphatic carbocycles. The number of benzene rings is 1. The van der Waals surface area contributed by atoms with Gasteiger partial charge in [-0.2, -0.15) is 0 Å². The third kappa shape index (κ3) is 3.57. The molecule has 1 fully saturated rings. The van der Waals surface area contributed by atoms with E-state index in [9.17, 15) is 4.79 Å². The maximum Gasteiger partial charge on any atom is 0.224 e. The number of rotatable bonds is 5. The maximum absolute atomic E-state index is 12.0. The number of aryl methyl sites for hydroxylation is 1. The van der Waals surface area contributed by atoms with Crippen LogP contribution >= 0.6 is 0 Å². The molecule has 1 aromatic rings. The quantitative estimate of drug-likeness (QED) is 0.838. The molecule has 1 saturated heterocycles. The summed E-state index contributed by atoms with van der Waals surface area (Å²) in [6.07, 6.45) is 3.86. The zero-order chi connectivity index (χ0) is 12.8. The van der Waals surface area contributed by atoms with Gasteiger partial charge < -0.3 is 10.6 Å². The normalized spacial score (nSPS) is 18.8. The van der Waals surface area contributed by atoms with E-state index in [1.807, 2.05) is 18.2 Å². The van der Waals surface area contributed by atoms with Crippen molar-refractivity contribution in [2.45, 2.75) is 32.6 Å². The minimum Gasteiger partial charge on any atom is -0.326 e. The standard InChI is InChI=1S/C15H22N2O/c1-2-5-13-6-3-4-7-14(13)17-15(18)10-12-8-9-16-11-12/h3-4,6-7,12,16H,2,5,8-11H2,1H3,(H,17,18). The lowest BCUT2D eigenvalue weighted by molar-refractivity contribution is -0.116. The van der Waals surface area contributed by atoms with Crippen LogP contribution in [0.15, 0.2) is 24.3 Å². The zero-order valence-corrected chi connectivity index (χ0v) is 11.0. The number of hydrogen-bond donors (Lipinski definition) is 2. The third-order valence-corrected chi connectivity index (χ3v) is 3.45. The second-order valence-corrected chi connectivity index (χ2v) is 5.02. The lowest BCUT2D eigenvalue weighted by atomic mass is 10.0. The molecule has 2 rings (SSSR count). The van der Waals surface area contributed by atoms with Crippen LogP contribution in [-0.4, -0.2) is 19.0 Å². The zero-order valence-electron chi connectivity index (χ0n) is 11.0. The summed E-state index contributed by atoms with van der Waals surface area (Å²) < 4.78 is 0. The average molecular weight is 246 g/mol. The molecule has 18 heavy (non-hydrogen) atoms. The Labute approximate surface area is 109 Å². The van der Waals surface area contributed by atoms with Crippen molar-refractivity contribution in [3.63, 3.8) is 0 Å². The Balaban J connectivity index is 1.93. The van der Waals surface area contributed by atoms with E-state index < -0.39 is 0 Å². The van der Waals surface area contributed by atoms with Crippen LogP contribution in [0.2, 0.25) is 0 Å². The molecule has 1 amide bonds. The van der Waals surface area contributed by atoms with Crippen LogP contribution in [0, 0.1) is 5.92 Å². The van der Waals surface area contributed by atoms with Crippen molar-refractivity contribution >= 4 is 11.6 Å². The molecule has 1 heterocycles. The Morgan fingerprint density at radius 2 is 2.28 bits per heavy atom. The highest BCUT2D eigenvalue weighted by Crippen LogP contribution is 2.19. The monoisotopic (exact) mass is 246 g/mol. The van der Waals surface area contributed by atoms with Crippen LogP contribution in [0.3, 0.4) is 0 Å². The molecule has 1 aliphatic rings. The van der Waals surface area contributed by atoms with Crippen molar-refractivity contribution in [1.82, 2.24) is 5.32 Å². The van der Waals surface area contributed by atoms with E-state index in [1.54, 1.807) is 0 Å². The van der Waals surface area contributed by atoms with E-state index in [-0.39, 0.29) is 5.91 Å². The number of carbonyl (C=O) groups is 1. The summed E-state index contributed by atoms with van der Waals surface area (Å²) in [7, 11) is 0. The van der Waals surface area contributed by atoms with Gasteiger partial charge in [0.1, 0.15) is 0 Å². The predicted molar refractivity (Wildman–Crippen MR) is 74.7 cm³/mol. The van der Waals surface area contributed by atoms with Crippen LogP contribution in [-0.2, 0) is 11.2 Å². The maximum atomic E-state index is 12.0. The smallest absolute Gasteiger partial charge is 0.224 e. The molecule has 0 radical (unpaired) electrons. The first-order valence-corrected chi connectivity index (χ1v) is 6.88. The summed E-state index contributed by atoms with van der Waals surface area (Å²) >= 11 is 0. The number of anilines is 1. The Morgan fingerprint density at radius 1 is 1.44 bits per heavy atom. The Hall–Kier alpha value is -1.35. The van der Waals surface area contributed by atoms with Crippen molar-refractivity contribution in [2.75, 3.05) is 18.4 Å². The van der Waals surface area contributed by atoms with Gasteiger partial charge in [0.15, 0.2) is 0 Å². The summed E-state index contributed by atoms with van der Waals surface area (Å²) in [5.74, 6) is 0.649. The minimum absolute atomic E-state index is 0.146. The van der Waals surface area contributed by atoms with E-state index in [4.69, 9.17) is 0 Å². The van der Waals surface area contributed by atoms with Crippen molar-refractivity contribution in [3.8, 4) is 0 Å². The van der Waals surface area contributed by atoms with Crippen LogP contribution in [0.5, 0.6) is 0 Å². The molecule has 1 unspecified atom stereocenters. The summed E-state index contributed by atoms with van der Waals surface area (Å²) in [5, 5.41) is 6.35. The van der Waals surface area contributed by atoms with Gasteiger partial charge in [-0.3, -0.25) is 4.79 Å². The number of carbonyl (C=O) groups excluding carboxylic acids is 1.